The van der Waals surface area contributed by atoms with Crippen molar-refractivity contribution in [3.05, 3.63) is 59.2 Å². The second kappa shape index (κ2) is 9.07. The van der Waals surface area contributed by atoms with Gasteiger partial charge in [0.15, 0.2) is 6.54 Å². The standard InChI is InChI=1S/C22H29N3O3S/c1-4-19-6-5-7-20(15-19)23-22(26)16-24-10-12-25(13-11-24)29(27,28)21-9-8-17(2)18(3)14-21/h5-9,14-15H,4,10-13,16H2,1-3H3,(H,23,26)/p+1. The Morgan fingerprint density at radius 1 is 1.07 bits per heavy atom. The minimum absolute atomic E-state index is 0.0429. The zero-order valence-corrected chi connectivity index (χ0v) is 18.2. The summed E-state index contributed by atoms with van der Waals surface area (Å²) in [4.78, 5) is 13.8. The number of nitrogens with zero attached hydrogens (tertiary/aromatic N) is 1. The Kier molecular flexibility index (Phi) is 6.72. The Morgan fingerprint density at radius 3 is 2.45 bits per heavy atom. The maximum Gasteiger partial charge on any atom is 0.279 e. The molecule has 1 saturated heterocycles. The number of sulfonamides is 1. The average molecular weight is 417 g/mol. The normalized spacial score (nSPS) is 16.0. The summed E-state index contributed by atoms with van der Waals surface area (Å²) in [5, 5.41) is 2.95. The van der Waals surface area contributed by atoms with Gasteiger partial charge in [-0.3, -0.25) is 4.79 Å². The van der Waals surface area contributed by atoms with Crippen molar-refractivity contribution in [3.8, 4) is 0 Å². The number of nitrogens with one attached hydrogen (secondary N) is 2. The first kappa shape index (κ1) is 21.5. The van der Waals surface area contributed by atoms with Crippen LogP contribution in [0.4, 0.5) is 5.69 Å². The molecule has 0 bridgehead atoms. The predicted molar refractivity (Wildman–Crippen MR) is 115 cm³/mol. The summed E-state index contributed by atoms with van der Waals surface area (Å²) in [5.41, 5.74) is 4.04. The van der Waals surface area contributed by atoms with E-state index in [1.165, 1.54) is 9.87 Å². The molecule has 2 N–H and O–H groups in total. The number of hydrogen-bond donors (Lipinski definition) is 2. The molecular weight excluding hydrogens is 386 g/mol. The van der Waals surface area contributed by atoms with Crippen molar-refractivity contribution in [2.75, 3.05) is 38.0 Å². The van der Waals surface area contributed by atoms with Gasteiger partial charge in [0.1, 0.15) is 0 Å². The highest BCUT2D eigenvalue weighted by Gasteiger charge is 2.31. The second-order valence-electron chi connectivity index (χ2n) is 7.68. The molecule has 7 heteroatoms. The van der Waals surface area contributed by atoms with Crippen LogP contribution in [0.5, 0.6) is 0 Å². The van der Waals surface area contributed by atoms with Crippen molar-refractivity contribution >= 4 is 21.6 Å². The third kappa shape index (κ3) is 5.23. The van der Waals surface area contributed by atoms with Crippen molar-refractivity contribution in [3.63, 3.8) is 0 Å². The Balaban J connectivity index is 1.55. The minimum Gasteiger partial charge on any atom is -0.325 e. The lowest BCUT2D eigenvalue weighted by molar-refractivity contribution is -0.895. The highest BCUT2D eigenvalue weighted by molar-refractivity contribution is 7.89. The van der Waals surface area contributed by atoms with Crippen LogP contribution in [0.2, 0.25) is 0 Å². The average Bonchev–Trinajstić information content (AvgIpc) is 2.70. The number of aryl methyl sites for hydroxylation is 3. The zero-order chi connectivity index (χ0) is 21.0. The number of anilines is 1. The predicted octanol–water partition coefficient (Wildman–Crippen LogP) is 1.39. The molecular formula is C22H30N3O3S+. The highest BCUT2D eigenvalue weighted by atomic mass is 32.2. The molecule has 0 atom stereocenters. The van der Waals surface area contributed by atoms with Crippen molar-refractivity contribution in [2.24, 2.45) is 0 Å². The van der Waals surface area contributed by atoms with Crippen LogP contribution < -0.4 is 10.2 Å². The van der Waals surface area contributed by atoms with Gasteiger partial charge in [0.05, 0.1) is 31.1 Å². The van der Waals surface area contributed by atoms with Gasteiger partial charge in [0.25, 0.3) is 5.91 Å². The van der Waals surface area contributed by atoms with Crippen molar-refractivity contribution in [2.45, 2.75) is 32.1 Å². The van der Waals surface area contributed by atoms with E-state index in [2.05, 4.69) is 12.2 Å². The summed E-state index contributed by atoms with van der Waals surface area (Å²) >= 11 is 0. The fourth-order valence-corrected chi connectivity index (χ4v) is 5.07. The molecule has 1 heterocycles. The van der Waals surface area contributed by atoms with Crippen LogP contribution in [0.3, 0.4) is 0 Å². The molecule has 0 radical (unpaired) electrons. The van der Waals surface area contributed by atoms with E-state index in [4.69, 9.17) is 0 Å². The van der Waals surface area contributed by atoms with E-state index in [1.807, 2.05) is 44.2 Å². The number of carbonyl (C=O) groups is 1. The van der Waals surface area contributed by atoms with Crippen LogP contribution >= 0.6 is 0 Å². The second-order valence-corrected chi connectivity index (χ2v) is 9.62. The first-order valence-corrected chi connectivity index (χ1v) is 11.5. The fourth-order valence-electron chi connectivity index (χ4n) is 3.54. The molecule has 2 aromatic rings. The van der Waals surface area contributed by atoms with E-state index < -0.39 is 10.0 Å². The van der Waals surface area contributed by atoms with E-state index in [1.54, 1.807) is 12.1 Å². The SMILES string of the molecule is CCc1cccc(NC(=O)C[NH+]2CCN(S(=O)(=O)c3ccc(C)c(C)c3)CC2)c1. The van der Waals surface area contributed by atoms with E-state index in [-0.39, 0.29) is 5.91 Å². The molecule has 156 valence electrons. The Bertz CT molecular complexity index is 981. The Labute approximate surface area is 173 Å². The lowest BCUT2D eigenvalue weighted by Gasteiger charge is -2.31. The van der Waals surface area contributed by atoms with Gasteiger partial charge in [-0.05, 0) is 61.2 Å². The third-order valence-electron chi connectivity index (χ3n) is 5.58. The minimum atomic E-state index is -3.49. The van der Waals surface area contributed by atoms with Crippen molar-refractivity contribution in [1.82, 2.24) is 4.31 Å². The van der Waals surface area contributed by atoms with E-state index in [9.17, 15) is 13.2 Å². The molecule has 1 aliphatic heterocycles. The van der Waals surface area contributed by atoms with Gasteiger partial charge in [0.2, 0.25) is 10.0 Å². The molecule has 0 unspecified atom stereocenters. The van der Waals surface area contributed by atoms with Crippen LogP contribution in [-0.2, 0) is 21.2 Å². The summed E-state index contributed by atoms with van der Waals surface area (Å²) in [6.07, 6.45) is 0.923. The molecule has 1 amide bonds. The van der Waals surface area contributed by atoms with Crippen LogP contribution in [0.25, 0.3) is 0 Å². The summed E-state index contributed by atoms with van der Waals surface area (Å²) in [6, 6.07) is 13.1. The van der Waals surface area contributed by atoms with Gasteiger partial charge in [-0.15, -0.1) is 0 Å². The van der Waals surface area contributed by atoms with E-state index in [0.717, 1.165) is 28.1 Å². The highest BCUT2D eigenvalue weighted by Crippen LogP contribution is 2.19. The molecule has 1 fully saturated rings. The smallest absolute Gasteiger partial charge is 0.279 e. The molecule has 2 aromatic carbocycles. The van der Waals surface area contributed by atoms with Gasteiger partial charge in [-0.1, -0.05) is 25.1 Å². The maximum atomic E-state index is 12.9. The van der Waals surface area contributed by atoms with Gasteiger partial charge in [-0.2, -0.15) is 4.31 Å². The number of quaternary nitrogens is 1. The number of piperazine rings is 1. The summed E-state index contributed by atoms with van der Waals surface area (Å²) < 4.78 is 27.4. The van der Waals surface area contributed by atoms with Gasteiger partial charge in [-0.25, -0.2) is 8.42 Å². The monoisotopic (exact) mass is 416 g/mol. The van der Waals surface area contributed by atoms with Crippen LogP contribution in [0.15, 0.2) is 47.4 Å². The van der Waals surface area contributed by atoms with Crippen LogP contribution in [-0.4, -0.2) is 51.4 Å². The van der Waals surface area contributed by atoms with E-state index in [0.29, 0.717) is 37.6 Å². The first-order chi connectivity index (χ1) is 13.8. The van der Waals surface area contributed by atoms with E-state index >= 15 is 0 Å². The molecule has 29 heavy (non-hydrogen) atoms. The number of carbonyl (C=O) groups excluding carboxylic acids is 1. The Morgan fingerprint density at radius 2 is 1.79 bits per heavy atom. The molecule has 0 aliphatic carbocycles. The molecule has 0 saturated carbocycles. The Hall–Kier alpha value is -2.22. The third-order valence-corrected chi connectivity index (χ3v) is 7.47. The number of benzene rings is 2. The zero-order valence-electron chi connectivity index (χ0n) is 17.4. The lowest BCUT2D eigenvalue weighted by atomic mass is 10.1. The van der Waals surface area contributed by atoms with Gasteiger partial charge < -0.3 is 10.2 Å². The first-order valence-electron chi connectivity index (χ1n) is 10.1. The number of hydrogen-bond acceptors (Lipinski definition) is 3. The topological polar surface area (TPSA) is 70.9 Å². The largest absolute Gasteiger partial charge is 0.325 e. The lowest BCUT2D eigenvalue weighted by Crippen LogP contribution is -3.15. The van der Waals surface area contributed by atoms with Crippen molar-refractivity contribution in [1.29, 1.82) is 0 Å². The maximum absolute atomic E-state index is 12.9. The molecule has 0 spiro atoms. The fraction of sp³-hybridized carbons (Fsp3) is 0.409. The number of rotatable bonds is 6. The van der Waals surface area contributed by atoms with Crippen molar-refractivity contribution < 1.29 is 18.1 Å². The number of amides is 1. The molecule has 3 rings (SSSR count). The summed E-state index contributed by atoms with van der Waals surface area (Å²) in [6.45, 7) is 8.39. The van der Waals surface area contributed by atoms with Crippen LogP contribution in [0, 0.1) is 13.8 Å². The molecule has 1 aliphatic rings. The summed E-state index contributed by atoms with van der Waals surface area (Å²) in [5.74, 6) is -0.0429. The van der Waals surface area contributed by atoms with Gasteiger partial charge >= 0.3 is 0 Å². The van der Waals surface area contributed by atoms with Crippen LogP contribution in [0.1, 0.15) is 23.6 Å². The molecule has 6 nitrogen and oxygen atoms in total. The summed E-state index contributed by atoms with van der Waals surface area (Å²) in [7, 11) is -3.49. The quantitative estimate of drug-likeness (QED) is 0.748. The molecule has 0 aromatic heterocycles. The van der Waals surface area contributed by atoms with Gasteiger partial charge in [0, 0.05) is 5.69 Å².